The van der Waals surface area contributed by atoms with Gasteiger partial charge in [-0.25, -0.2) is 10.0 Å². The van der Waals surface area contributed by atoms with Gasteiger partial charge in [0.2, 0.25) is 5.91 Å². The van der Waals surface area contributed by atoms with Gasteiger partial charge in [0.15, 0.2) is 0 Å². The SMILES string of the molecule is CCC1(C2CCCCCCCC2)NC(c2ccc3c(c2)CC[C@H]3NC(=O)C2CC(C)N(C3CCCCCCCC3)N2C)NO1. The largest absolute Gasteiger partial charge is 0.348 e. The van der Waals surface area contributed by atoms with Crippen LogP contribution in [0.15, 0.2) is 18.2 Å². The molecule has 5 aliphatic rings. The third-order valence-corrected chi connectivity index (χ3v) is 12.0. The Kier molecular flexibility index (Phi) is 11.0. The summed E-state index contributed by atoms with van der Waals surface area (Å²) >= 11 is 0. The number of nitrogens with one attached hydrogen (secondary N) is 3. The van der Waals surface area contributed by atoms with Crippen LogP contribution in [0.2, 0.25) is 0 Å². The minimum atomic E-state index is -0.294. The zero-order chi connectivity index (χ0) is 30.5. The van der Waals surface area contributed by atoms with Crippen molar-refractivity contribution in [2.24, 2.45) is 5.92 Å². The monoisotopic (exact) mass is 607 g/mol. The number of carbonyl (C=O) groups excluding carboxylic acids is 1. The van der Waals surface area contributed by atoms with Crippen molar-refractivity contribution in [2.75, 3.05) is 7.05 Å². The van der Waals surface area contributed by atoms with E-state index in [0.29, 0.717) is 18.0 Å². The van der Waals surface area contributed by atoms with E-state index in [1.54, 1.807) is 0 Å². The third-order valence-electron chi connectivity index (χ3n) is 12.0. The Morgan fingerprint density at radius 3 is 2.23 bits per heavy atom. The van der Waals surface area contributed by atoms with Crippen molar-refractivity contribution in [3.05, 3.63) is 34.9 Å². The molecule has 5 atom stereocenters. The van der Waals surface area contributed by atoms with Crippen LogP contribution in [0.1, 0.15) is 165 Å². The summed E-state index contributed by atoms with van der Waals surface area (Å²) in [5, 5.41) is 12.3. The van der Waals surface area contributed by atoms with E-state index in [1.165, 1.54) is 119 Å². The molecule has 0 spiro atoms. The molecule has 1 aromatic carbocycles. The van der Waals surface area contributed by atoms with E-state index in [1.807, 2.05) is 0 Å². The number of carbonyl (C=O) groups is 1. The van der Waals surface area contributed by atoms with Gasteiger partial charge >= 0.3 is 0 Å². The van der Waals surface area contributed by atoms with Crippen molar-refractivity contribution < 1.29 is 9.63 Å². The second kappa shape index (κ2) is 14.9. The average Bonchev–Trinajstić information content (AvgIpc) is 3.76. The number of hydrogen-bond acceptors (Lipinski definition) is 6. The molecule has 246 valence electrons. The van der Waals surface area contributed by atoms with Gasteiger partial charge in [0, 0.05) is 25.0 Å². The second-order valence-electron chi connectivity index (χ2n) is 14.9. The van der Waals surface area contributed by atoms with E-state index in [0.717, 1.165) is 25.7 Å². The lowest BCUT2D eigenvalue weighted by molar-refractivity contribution is -0.131. The summed E-state index contributed by atoms with van der Waals surface area (Å²) < 4.78 is 0. The maximum absolute atomic E-state index is 13.8. The summed E-state index contributed by atoms with van der Waals surface area (Å²) in [6, 6.07) is 7.87. The molecule has 3 aliphatic carbocycles. The van der Waals surface area contributed by atoms with Crippen molar-refractivity contribution >= 4 is 5.91 Å². The van der Waals surface area contributed by atoms with Gasteiger partial charge in [-0.15, -0.1) is 0 Å². The predicted octanol–water partition coefficient (Wildman–Crippen LogP) is 7.58. The number of amides is 1. The molecule has 7 heteroatoms. The van der Waals surface area contributed by atoms with Gasteiger partial charge < -0.3 is 5.32 Å². The molecule has 2 aliphatic heterocycles. The smallest absolute Gasteiger partial charge is 0.239 e. The van der Waals surface area contributed by atoms with Crippen molar-refractivity contribution in [3.8, 4) is 0 Å². The molecule has 4 unspecified atom stereocenters. The summed E-state index contributed by atoms with van der Waals surface area (Å²) in [5.41, 5.74) is 7.00. The highest BCUT2D eigenvalue weighted by Gasteiger charge is 2.46. The highest BCUT2D eigenvalue weighted by molar-refractivity contribution is 5.82. The molecule has 4 fully saturated rings. The Labute approximate surface area is 267 Å². The van der Waals surface area contributed by atoms with Gasteiger partial charge in [-0.1, -0.05) is 102 Å². The van der Waals surface area contributed by atoms with E-state index >= 15 is 0 Å². The van der Waals surface area contributed by atoms with Crippen molar-refractivity contribution in [1.29, 1.82) is 0 Å². The molecular formula is C37H61N5O2. The van der Waals surface area contributed by atoms with Gasteiger partial charge in [-0.3, -0.25) is 14.9 Å². The summed E-state index contributed by atoms with van der Waals surface area (Å²) in [6.07, 6.45) is 25.1. The standard InChI is InChI=1S/C37H61N5O2/c1-4-37(30-17-13-9-5-6-10-14-18-30)39-35(40-44-37)29-21-23-32-28(26-29)22-24-33(32)38-36(43)34-25-27(2)42(41(34)3)31-19-15-11-7-8-12-16-20-31/h21,23,26-27,30-31,33-35,39-40H,4-20,22,24-25H2,1-3H3,(H,38,43)/t27?,33-,34?,35?,37?/m1/s1. The van der Waals surface area contributed by atoms with Crippen LogP contribution in [0.4, 0.5) is 0 Å². The second-order valence-corrected chi connectivity index (χ2v) is 14.9. The maximum atomic E-state index is 13.8. The van der Waals surface area contributed by atoms with Gasteiger partial charge in [0.05, 0.1) is 6.04 Å². The Balaban J connectivity index is 1.07. The Morgan fingerprint density at radius 2 is 1.57 bits per heavy atom. The van der Waals surface area contributed by atoms with Crippen molar-refractivity contribution in [2.45, 2.75) is 178 Å². The first-order valence-electron chi connectivity index (χ1n) is 18.6. The minimum Gasteiger partial charge on any atom is -0.348 e. The number of rotatable bonds is 6. The van der Waals surface area contributed by atoms with E-state index < -0.39 is 0 Å². The van der Waals surface area contributed by atoms with E-state index in [2.05, 4.69) is 65.2 Å². The lowest BCUT2D eigenvalue weighted by Gasteiger charge is -2.37. The number of nitrogens with zero attached hydrogens (tertiary/aromatic N) is 2. The lowest BCUT2D eigenvalue weighted by Crippen LogP contribution is -2.50. The number of likely N-dealkylation sites (N-methyl/N-ethyl adjacent to an activating group) is 1. The Hall–Kier alpha value is -1.51. The fourth-order valence-electron chi connectivity index (χ4n) is 9.44. The van der Waals surface area contributed by atoms with Crippen LogP contribution in [-0.4, -0.2) is 46.8 Å². The third kappa shape index (κ3) is 7.07. The average molecular weight is 608 g/mol. The minimum absolute atomic E-state index is 0.00120. The summed E-state index contributed by atoms with van der Waals surface area (Å²) in [4.78, 5) is 20.2. The topological polar surface area (TPSA) is 68.9 Å². The molecule has 0 aromatic heterocycles. The van der Waals surface area contributed by atoms with Crippen LogP contribution in [-0.2, 0) is 16.1 Å². The Bertz CT molecular complexity index is 1080. The fraction of sp³-hybridized carbons (Fsp3) is 0.811. The van der Waals surface area contributed by atoms with Crippen LogP contribution in [0.3, 0.4) is 0 Å². The number of benzene rings is 1. The first kappa shape index (κ1) is 32.4. The van der Waals surface area contributed by atoms with Crippen LogP contribution in [0.25, 0.3) is 0 Å². The van der Waals surface area contributed by atoms with E-state index in [4.69, 9.17) is 4.84 Å². The maximum Gasteiger partial charge on any atom is 0.239 e. The van der Waals surface area contributed by atoms with Gasteiger partial charge in [0.25, 0.3) is 0 Å². The number of hydroxylamine groups is 1. The number of hydrazine groups is 1. The molecule has 7 nitrogen and oxygen atoms in total. The van der Waals surface area contributed by atoms with Crippen LogP contribution >= 0.6 is 0 Å². The number of hydrogen-bond donors (Lipinski definition) is 3. The normalized spacial score (nSPS) is 34.0. The lowest BCUT2D eigenvalue weighted by atomic mass is 9.84. The predicted molar refractivity (Wildman–Crippen MR) is 177 cm³/mol. The highest BCUT2D eigenvalue weighted by Crippen LogP contribution is 2.40. The number of aryl methyl sites for hydroxylation is 1. The van der Waals surface area contributed by atoms with Gasteiger partial charge in [-0.2, -0.15) is 5.48 Å². The van der Waals surface area contributed by atoms with Crippen LogP contribution in [0.5, 0.6) is 0 Å². The zero-order valence-electron chi connectivity index (χ0n) is 28.0. The molecule has 3 N–H and O–H groups in total. The fourth-order valence-corrected chi connectivity index (χ4v) is 9.44. The zero-order valence-corrected chi connectivity index (χ0v) is 28.0. The first-order valence-corrected chi connectivity index (χ1v) is 18.6. The van der Waals surface area contributed by atoms with E-state index in [9.17, 15) is 4.79 Å². The molecule has 2 heterocycles. The molecule has 44 heavy (non-hydrogen) atoms. The number of fused-ring (bicyclic) bond motifs is 1. The highest BCUT2D eigenvalue weighted by atomic mass is 16.7. The quantitative estimate of drug-likeness (QED) is 0.310. The molecule has 1 amide bonds. The van der Waals surface area contributed by atoms with Gasteiger partial charge in [0.1, 0.15) is 17.9 Å². The summed E-state index contributed by atoms with van der Waals surface area (Å²) in [6.45, 7) is 4.59. The molecule has 6 rings (SSSR count). The molecule has 2 saturated heterocycles. The Morgan fingerprint density at radius 1 is 0.932 bits per heavy atom. The van der Waals surface area contributed by atoms with Crippen molar-refractivity contribution in [1.82, 2.24) is 26.1 Å². The first-order chi connectivity index (χ1) is 21.5. The van der Waals surface area contributed by atoms with Crippen LogP contribution < -0.4 is 16.1 Å². The van der Waals surface area contributed by atoms with Crippen LogP contribution in [0, 0.1) is 5.92 Å². The van der Waals surface area contributed by atoms with Crippen molar-refractivity contribution in [3.63, 3.8) is 0 Å². The molecule has 0 bridgehead atoms. The molecule has 1 aromatic rings. The molecule has 2 saturated carbocycles. The summed E-state index contributed by atoms with van der Waals surface area (Å²) in [7, 11) is 2.16. The molecular weight excluding hydrogens is 546 g/mol. The van der Waals surface area contributed by atoms with Gasteiger partial charge in [-0.05, 0) is 75.0 Å². The summed E-state index contributed by atoms with van der Waals surface area (Å²) in [5.74, 6) is 0.739. The molecule has 0 radical (unpaired) electrons. The van der Waals surface area contributed by atoms with E-state index in [-0.39, 0.29) is 29.9 Å².